The summed E-state index contributed by atoms with van der Waals surface area (Å²) in [5.74, 6) is -2.65. The number of carbonyl (C=O) groups excluding carboxylic acids is 3. The van der Waals surface area contributed by atoms with Crippen LogP contribution < -0.4 is 10.3 Å². The summed E-state index contributed by atoms with van der Waals surface area (Å²) in [4.78, 5) is 46.7. The Balaban J connectivity index is 1.41. The topological polar surface area (TPSA) is 91.7 Å². The number of anilines is 1. The van der Waals surface area contributed by atoms with Crippen molar-refractivity contribution < 1.29 is 14.4 Å². The third-order valence-corrected chi connectivity index (χ3v) is 8.88. The molecular formula is C32H23ClN4O3. The first kappa shape index (κ1) is 24.4. The van der Waals surface area contributed by atoms with Gasteiger partial charge in [-0.15, -0.1) is 0 Å². The van der Waals surface area contributed by atoms with E-state index in [9.17, 15) is 14.4 Å². The summed E-state index contributed by atoms with van der Waals surface area (Å²) in [5.41, 5.74) is 7.05. The first-order chi connectivity index (χ1) is 19.4. The van der Waals surface area contributed by atoms with Crippen molar-refractivity contribution in [1.29, 1.82) is 0 Å². The van der Waals surface area contributed by atoms with Gasteiger partial charge in [0.05, 0.1) is 22.9 Å². The standard InChI is InChI=1S/C32H23ClN4O3/c1-18-10-11-20(16-25(18)33)37-30(39)27-26-21-6-2-4-8-23(21)32(28(27)31(37)40,24-9-5-3-7-22(24)26)17-35-36-29(38)19-12-14-34-15-13-19/h2-17,26-28H,1H3,(H,36,38)/b35-17-/t26?,27-,28+,32?/m0/s1. The second-order valence-corrected chi connectivity index (χ2v) is 10.8. The number of aromatic nitrogens is 1. The van der Waals surface area contributed by atoms with Gasteiger partial charge in [-0.05, 0) is 59.0 Å². The monoisotopic (exact) mass is 546 g/mol. The van der Waals surface area contributed by atoms with Gasteiger partial charge in [-0.1, -0.05) is 66.2 Å². The minimum absolute atomic E-state index is 0.262. The van der Waals surface area contributed by atoms with Crippen molar-refractivity contribution in [3.05, 3.63) is 130 Å². The number of amides is 3. The molecule has 2 heterocycles. The van der Waals surface area contributed by atoms with E-state index < -0.39 is 23.2 Å². The maximum Gasteiger partial charge on any atom is 0.271 e. The van der Waals surface area contributed by atoms with E-state index in [0.29, 0.717) is 16.3 Å². The Morgan fingerprint density at radius 2 is 1.60 bits per heavy atom. The third kappa shape index (κ3) is 3.27. The Kier molecular flexibility index (Phi) is 5.47. The molecule has 2 atom stereocenters. The Labute approximate surface area is 235 Å². The molecule has 1 fully saturated rings. The van der Waals surface area contributed by atoms with Crippen LogP contribution in [0.3, 0.4) is 0 Å². The fourth-order valence-corrected chi connectivity index (χ4v) is 6.96. The summed E-state index contributed by atoms with van der Waals surface area (Å²) in [6, 6.07) is 24.2. The van der Waals surface area contributed by atoms with E-state index in [4.69, 9.17) is 11.6 Å². The van der Waals surface area contributed by atoms with Crippen molar-refractivity contribution in [3.8, 4) is 0 Å². The van der Waals surface area contributed by atoms with Crippen LogP contribution in [-0.4, -0.2) is 28.9 Å². The predicted molar refractivity (Wildman–Crippen MR) is 151 cm³/mol. The molecule has 4 aromatic rings. The zero-order chi connectivity index (χ0) is 27.6. The number of rotatable bonds is 4. The molecule has 196 valence electrons. The number of hydrogen-bond acceptors (Lipinski definition) is 5. The van der Waals surface area contributed by atoms with Gasteiger partial charge in [-0.2, -0.15) is 5.10 Å². The highest BCUT2D eigenvalue weighted by Gasteiger charge is 2.68. The first-order valence-corrected chi connectivity index (χ1v) is 13.4. The summed E-state index contributed by atoms with van der Waals surface area (Å²) in [7, 11) is 0. The molecule has 2 bridgehead atoms. The normalized spacial score (nSPS) is 24.1. The van der Waals surface area contributed by atoms with E-state index in [-0.39, 0.29) is 17.7 Å². The second-order valence-electron chi connectivity index (χ2n) is 10.4. The van der Waals surface area contributed by atoms with Crippen LogP contribution in [0.1, 0.15) is 44.1 Å². The van der Waals surface area contributed by atoms with Gasteiger partial charge in [-0.3, -0.25) is 19.4 Å². The summed E-state index contributed by atoms with van der Waals surface area (Å²) in [6.07, 6.45) is 4.71. The molecule has 3 aromatic carbocycles. The number of halogens is 1. The predicted octanol–water partition coefficient (Wildman–Crippen LogP) is 5.01. The van der Waals surface area contributed by atoms with Crippen LogP contribution in [0.5, 0.6) is 0 Å². The van der Waals surface area contributed by atoms with E-state index in [0.717, 1.165) is 27.8 Å². The van der Waals surface area contributed by atoms with Gasteiger partial charge in [-0.25, -0.2) is 10.3 Å². The number of hydrazone groups is 1. The molecule has 1 N–H and O–H groups in total. The minimum atomic E-state index is -1.08. The molecule has 1 aromatic heterocycles. The molecule has 3 amide bonds. The molecule has 1 saturated heterocycles. The molecule has 0 radical (unpaired) electrons. The van der Waals surface area contributed by atoms with Crippen LogP contribution >= 0.6 is 11.6 Å². The fourth-order valence-electron chi connectivity index (χ4n) is 6.79. The number of benzene rings is 3. The van der Waals surface area contributed by atoms with Gasteiger partial charge >= 0.3 is 0 Å². The average Bonchev–Trinajstić information content (AvgIpc) is 3.25. The SMILES string of the molecule is Cc1ccc(N2C(=O)[C@H]3C4c5ccccc5C(/C=N\NC(=O)c5ccncc5)(c5ccccc54)[C@H]3C2=O)cc1Cl. The van der Waals surface area contributed by atoms with Gasteiger partial charge in [0, 0.05) is 35.1 Å². The van der Waals surface area contributed by atoms with Crippen molar-refractivity contribution in [2.45, 2.75) is 18.3 Å². The quantitative estimate of drug-likeness (QED) is 0.221. The number of hydrogen-bond donors (Lipinski definition) is 1. The lowest BCUT2D eigenvalue weighted by molar-refractivity contribution is -0.122. The number of nitrogens with one attached hydrogen (secondary N) is 1. The number of pyridine rings is 1. The maximum absolute atomic E-state index is 14.4. The summed E-state index contributed by atoms with van der Waals surface area (Å²) >= 11 is 6.42. The van der Waals surface area contributed by atoms with Crippen LogP contribution in [0.2, 0.25) is 5.02 Å². The zero-order valence-corrected chi connectivity index (χ0v) is 22.2. The number of imide groups is 1. The van der Waals surface area contributed by atoms with Crippen molar-refractivity contribution in [3.63, 3.8) is 0 Å². The van der Waals surface area contributed by atoms with Gasteiger partial charge < -0.3 is 0 Å². The van der Waals surface area contributed by atoms with Crippen molar-refractivity contribution in [1.82, 2.24) is 10.4 Å². The number of aryl methyl sites for hydroxylation is 1. The first-order valence-electron chi connectivity index (χ1n) is 13.0. The van der Waals surface area contributed by atoms with Gasteiger partial charge in [0.2, 0.25) is 11.8 Å². The van der Waals surface area contributed by atoms with Gasteiger partial charge in [0.25, 0.3) is 5.91 Å². The highest BCUT2D eigenvalue weighted by molar-refractivity contribution is 6.32. The van der Waals surface area contributed by atoms with Crippen LogP contribution in [0.4, 0.5) is 5.69 Å². The smallest absolute Gasteiger partial charge is 0.271 e. The molecule has 8 heteroatoms. The molecule has 8 rings (SSSR count). The van der Waals surface area contributed by atoms with Crippen molar-refractivity contribution in [2.75, 3.05) is 4.90 Å². The van der Waals surface area contributed by atoms with E-state index in [1.54, 1.807) is 30.5 Å². The van der Waals surface area contributed by atoms with E-state index in [2.05, 4.69) is 15.5 Å². The Hall–Kier alpha value is -4.62. The Morgan fingerprint density at radius 3 is 2.25 bits per heavy atom. The molecule has 4 aliphatic rings. The Bertz CT molecular complexity index is 1700. The summed E-state index contributed by atoms with van der Waals surface area (Å²) < 4.78 is 0. The lowest BCUT2D eigenvalue weighted by atomic mass is 9.47. The zero-order valence-electron chi connectivity index (χ0n) is 21.4. The average molecular weight is 547 g/mol. The molecule has 0 spiro atoms. The molecule has 0 saturated carbocycles. The van der Waals surface area contributed by atoms with E-state index in [1.165, 1.54) is 17.3 Å². The Morgan fingerprint density at radius 1 is 0.950 bits per heavy atom. The van der Waals surface area contributed by atoms with Crippen LogP contribution in [0.15, 0.2) is 96.4 Å². The lowest BCUT2D eigenvalue weighted by Crippen LogP contribution is -2.54. The van der Waals surface area contributed by atoms with Crippen LogP contribution in [-0.2, 0) is 15.0 Å². The highest BCUT2D eigenvalue weighted by atomic mass is 35.5. The largest absolute Gasteiger partial charge is 0.274 e. The van der Waals surface area contributed by atoms with Crippen molar-refractivity contribution in [2.24, 2.45) is 16.9 Å². The number of nitrogens with zero attached hydrogens (tertiary/aromatic N) is 3. The maximum atomic E-state index is 14.4. The minimum Gasteiger partial charge on any atom is -0.274 e. The van der Waals surface area contributed by atoms with E-state index in [1.807, 2.05) is 61.5 Å². The fraction of sp³-hybridized carbons (Fsp3) is 0.156. The molecule has 40 heavy (non-hydrogen) atoms. The lowest BCUT2D eigenvalue weighted by Gasteiger charge is -2.52. The van der Waals surface area contributed by atoms with Crippen molar-refractivity contribution >= 4 is 41.2 Å². The molecule has 7 nitrogen and oxygen atoms in total. The number of carbonyl (C=O) groups is 3. The van der Waals surface area contributed by atoms with Gasteiger partial charge in [0.15, 0.2) is 0 Å². The molecular weight excluding hydrogens is 524 g/mol. The van der Waals surface area contributed by atoms with Crippen LogP contribution in [0, 0.1) is 18.8 Å². The van der Waals surface area contributed by atoms with Crippen LogP contribution in [0.25, 0.3) is 0 Å². The molecule has 0 unspecified atom stereocenters. The molecule has 1 aliphatic heterocycles. The summed E-state index contributed by atoms with van der Waals surface area (Å²) in [5, 5.41) is 4.92. The van der Waals surface area contributed by atoms with Gasteiger partial charge in [0.1, 0.15) is 0 Å². The third-order valence-electron chi connectivity index (χ3n) is 8.47. The van der Waals surface area contributed by atoms with E-state index >= 15 is 0 Å². The second kappa shape index (κ2) is 8.96. The summed E-state index contributed by atoms with van der Waals surface area (Å²) in [6.45, 7) is 1.87. The molecule has 3 aliphatic carbocycles. The highest BCUT2D eigenvalue weighted by Crippen LogP contribution is 2.63.